The second-order valence-corrected chi connectivity index (χ2v) is 3.13. The van der Waals surface area contributed by atoms with E-state index in [1.807, 2.05) is 18.2 Å². The summed E-state index contributed by atoms with van der Waals surface area (Å²) in [5, 5.41) is 3.89. The number of anilines is 1. The highest BCUT2D eigenvalue weighted by Gasteiger charge is 2.07. The number of nitrogens with two attached hydrogens (primary N) is 1. The van der Waals surface area contributed by atoms with Gasteiger partial charge in [-0.1, -0.05) is 36.3 Å². The molecular weight excluding hydrogens is 176 g/mol. The first-order valence-electron chi connectivity index (χ1n) is 4.61. The van der Waals surface area contributed by atoms with E-state index in [2.05, 4.69) is 18.1 Å². The van der Waals surface area contributed by atoms with Crippen molar-refractivity contribution in [1.82, 2.24) is 5.16 Å². The Morgan fingerprint density at radius 1 is 1.36 bits per heavy atom. The molecule has 72 valence electrons. The minimum Gasteiger partial charge on any atom is -0.368 e. The van der Waals surface area contributed by atoms with Crippen molar-refractivity contribution in [2.24, 2.45) is 0 Å². The minimum absolute atomic E-state index is 0.353. The number of nitrogens with zero attached hydrogens (tertiary/aromatic N) is 1. The molecule has 2 aromatic rings. The second-order valence-electron chi connectivity index (χ2n) is 3.13. The van der Waals surface area contributed by atoms with Crippen LogP contribution in [-0.2, 0) is 6.42 Å². The first-order chi connectivity index (χ1) is 6.81. The summed E-state index contributed by atoms with van der Waals surface area (Å²) in [4.78, 5) is 0. The SMILES string of the molecule is CCc1ccccc1-c1cc(N)on1. The molecule has 0 bridgehead atoms. The summed E-state index contributed by atoms with van der Waals surface area (Å²) in [6, 6.07) is 9.86. The zero-order valence-electron chi connectivity index (χ0n) is 8.03. The van der Waals surface area contributed by atoms with Gasteiger partial charge in [-0.2, -0.15) is 0 Å². The molecule has 2 N–H and O–H groups in total. The Bertz CT molecular complexity index is 434. The topological polar surface area (TPSA) is 52.0 Å². The average Bonchev–Trinajstić information content (AvgIpc) is 2.65. The number of rotatable bonds is 2. The molecule has 0 spiro atoms. The van der Waals surface area contributed by atoms with E-state index in [1.165, 1.54) is 5.56 Å². The lowest BCUT2D eigenvalue weighted by Gasteiger charge is -2.02. The monoisotopic (exact) mass is 188 g/mol. The first kappa shape index (κ1) is 8.81. The van der Waals surface area contributed by atoms with Crippen molar-refractivity contribution in [3.05, 3.63) is 35.9 Å². The van der Waals surface area contributed by atoms with Crippen molar-refractivity contribution in [1.29, 1.82) is 0 Å². The summed E-state index contributed by atoms with van der Waals surface area (Å²) in [7, 11) is 0. The summed E-state index contributed by atoms with van der Waals surface area (Å²) in [6.45, 7) is 2.11. The van der Waals surface area contributed by atoms with Crippen LogP contribution in [0.25, 0.3) is 11.3 Å². The molecule has 3 heteroatoms. The third-order valence-corrected chi connectivity index (χ3v) is 2.20. The van der Waals surface area contributed by atoms with Gasteiger partial charge in [0, 0.05) is 11.6 Å². The molecule has 0 aliphatic heterocycles. The minimum atomic E-state index is 0.353. The number of aromatic nitrogens is 1. The lowest BCUT2D eigenvalue weighted by atomic mass is 10.0. The van der Waals surface area contributed by atoms with E-state index in [0.29, 0.717) is 5.88 Å². The Morgan fingerprint density at radius 3 is 2.79 bits per heavy atom. The van der Waals surface area contributed by atoms with E-state index in [-0.39, 0.29) is 0 Å². The molecule has 3 nitrogen and oxygen atoms in total. The van der Waals surface area contributed by atoms with Crippen LogP contribution in [0.3, 0.4) is 0 Å². The predicted molar refractivity (Wildman–Crippen MR) is 55.7 cm³/mol. The van der Waals surface area contributed by atoms with Gasteiger partial charge < -0.3 is 10.3 Å². The summed E-state index contributed by atoms with van der Waals surface area (Å²) in [5.74, 6) is 0.353. The Morgan fingerprint density at radius 2 is 2.14 bits per heavy atom. The summed E-state index contributed by atoms with van der Waals surface area (Å²) < 4.78 is 4.85. The third-order valence-electron chi connectivity index (χ3n) is 2.20. The van der Waals surface area contributed by atoms with Crippen molar-refractivity contribution >= 4 is 5.88 Å². The molecule has 0 saturated heterocycles. The maximum Gasteiger partial charge on any atom is 0.222 e. The van der Waals surface area contributed by atoms with Gasteiger partial charge in [0.2, 0.25) is 5.88 Å². The average molecular weight is 188 g/mol. The zero-order valence-corrected chi connectivity index (χ0v) is 8.03. The van der Waals surface area contributed by atoms with Gasteiger partial charge in [-0.05, 0) is 12.0 Å². The number of hydrogen-bond acceptors (Lipinski definition) is 3. The number of aryl methyl sites for hydroxylation is 1. The smallest absolute Gasteiger partial charge is 0.222 e. The van der Waals surface area contributed by atoms with Crippen LogP contribution in [0.1, 0.15) is 12.5 Å². The van der Waals surface area contributed by atoms with Crippen LogP contribution in [0.5, 0.6) is 0 Å². The number of nitrogen functional groups attached to an aromatic ring is 1. The largest absolute Gasteiger partial charge is 0.368 e. The van der Waals surface area contributed by atoms with E-state index >= 15 is 0 Å². The van der Waals surface area contributed by atoms with E-state index < -0.39 is 0 Å². The van der Waals surface area contributed by atoms with Gasteiger partial charge in [0.1, 0.15) is 5.69 Å². The van der Waals surface area contributed by atoms with E-state index in [9.17, 15) is 0 Å². The normalized spacial score (nSPS) is 10.4. The van der Waals surface area contributed by atoms with Crippen molar-refractivity contribution in [2.45, 2.75) is 13.3 Å². The fraction of sp³-hybridized carbons (Fsp3) is 0.182. The van der Waals surface area contributed by atoms with Gasteiger partial charge >= 0.3 is 0 Å². The summed E-state index contributed by atoms with van der Waals surface area (Å²) >= 11 is 0. The Balaban J connectivity index is 2.50. The van der Waals surface area contributed by atoms with Crippen molar-refractivity contribution < 1.29 is 4.52 Å². The Kier molecular flexibility index (Phi) is 2.23. The van der Waals surface area contributed by atoms with Crippen LogP contribution in [0, 0.1) is 0 Å². The quantitative estimate of drug-likeness (QED) is 0.787. The van der Waals surface area contributed by atoms with Crippen LogP contribution >= 0.6 is 0 Å². The third kappa shape index (κ3) is 1.48. The van der Waals surface area contributed by atoms with Gasteiger partial charge in [-0.25, -0.2) is 0 Å². The van der Waals surface area contributed by atoms with Crippen LogP contribution in [0.15, 0.2) is 34.9 Å². The van der Waals surface area contributed by atoms with Crippen LogP contribution in [0.4, 0.5) is 5.88 Å². The molecule has 0 unspecified atom stereocenters. The van der Waals surface area contributed by atoms with Crippen molar-refractivity contribution in [3.63, 3.8) is 0 Å². The molecule has 0 amide bonds. The fourth-order valence-corrected chi connectivity index (χ4v) is 1.49. The van der Waals surface area contributed by atoms with E-state index in [0.717, 1.165) is 17.7 Å². The molecule has 14 heavy (non-hydrogen) atoms. The molecule has 1 aromatic heterocycles. The second kappa shape index (κ2) is 3.54. The highest BCUT2D eigenvalue weighted by atomic mass is 16.5. The molecular formula is C11H12N2O. The molecule has 0 saturated carbocycles. The van der Waals surface area contributed by atoms with Gasteiger partial charge in [-0.3, -0.25) is 0 Å². The lowest BCUT2D eigenvalue weighted by Crippen LogP contribution is -1.86. The van der Waals surface area contributed by atoms with Gasteiger partial charge in [0.15, 0.2) is 0 Å². The van der Waals surface area contributed by atoms with Crippen molar-refractivity contribution in [2.75, 3.05) is 5.73 Å². The number of hydrogen-bond donors (Lipinski definition) is 1. The van der Waals surface area contributed by atoms with Crippen molar-refractivity contribution in [3.8, 4) is 11.3 Å². The molecule has 0 radical (unpaired) electrons. The van der Waals surface area contributed by atoms with Gasteiger partial charge in [0.05, 0.1) is 0 Å². The van der Waals surface area contributed by atoms with E-state index in [1.54, 1.807) is 6.07 Å². The summed E-state index contributed by atoms with van der Waals surface area (Å²) in [5.41, 5.74) is 8.63. The van der Waals surface area contributed by atoms with Crippen LogP contribution in [-0.4, -0.2) is 5.16 Å². The highest BCUT2D eigenvalue weighted by molar-refractivity contribution is 5.65. The zero-order chi connectivity index (χ0) is 9.97. The number of benzene rings is 1. The summed E-state index contributed by atoms with van der Waals surface area (Å²) in [6.07, 6.45) is 0.975. The molecule has 1 aromatic carbocycles. The maximum absolute atomic E-state index is 5.48. The molecule has 1 heterocycles. The van der Waals surface area contributed by atoms with Gasteiger partial charge in [0.25, 0.3) is 0 Å². The molecule has 0 atom stereocenters. The van der Waals surface area contributed by atoms with E-state index in [4.69, 9.17) is 10.3 Å². The van der Waals surface area contributed by atoms with Crippen LogP contribution < -0.4 is 5.73 Å². The highest BCUT2D eigenvalue weighted by Crippen LogP contribution is 2.24. The van der Waals surface area contributed by atoms with Crippen LogP contribution in [0.2, 0.25) is 0 Å². The maximum atomic E-state index is 5.48. The lowest BCUT2D eigenvalue weighted by molar-refractivity contribution is 0.439. The standard InChI is InChI=1S/C11H12N2O/c1-2-8-5-3-4-6-9(8)10-7-11(12)14-13-10/h3-7H,2,12H2,1H3. The molecule has 0 fully saturated rings. The van der Waals surface area contributed by atoms with Gasteiger partial charge in [-0.15, -0.1) is 0 Å². The fourth-order valence-electron chi connectivity index (χ4n) is 1.49. The Labute approximate surface area is 82.5 Å². The Hall–Kier alpha value is -1.77. The molecule has 0 aliphatic carbocycles. The first-order valence-corrected chi connectivity index (χ1v) is 4.61. The molecule has 2 rings (SSSR count). The predicted octanol–water partition coefficient (Wildman–Crippen LogP) is 2.49. The molecule has 0 aliphatic rings.